The highest BCUT2D eigenvalue weighted by molar-refractivity contribution is 5.69. The molecular formula is C22H43NO6. The van der Waals surface area contributed by atoms with Gasteiger partial charge in [-0.1, -0.05) is 52.9 Å². The lowest BCUT2D eigenvalue weighted by Gasteiger charge is -2.22. The summed E-state index contributed by atoms with van der Waals surface area (Å²) in [4.78, 5) is 31.1. The first kappa shape index (κ1) is 29.4. The number of esters is 1. The molecule has 7 heteroatoms. The molecule has 1 fully saturated rings. The standard InChI is InChI=1S/C13H24O2.C5H11NO2.C4H8O2/c1-3-7-12-8-5-4-6-9-13(14)15-11(2)10-12;1-5(2,3)8-4(6)7;1-3(2)4(5)6/h11-12H,3-10H2,1-2H3;1-3H3,(H2,6,7);3H,1-2H3,(H,5,6). The van der Waals surface area contributed by atoms with Crippen LogP contribution in [0.3, 0.4) is 0 Å². The van der Waals surface area contributed by atoms with Crippen LogP contribution in [0.1, 0.15) is 99.8 Å². The van der Waals surface area contributed by atoms with E-state index in [1.54, 1.807) is 34.6 Å². The van der Waals surface area contributed by atoms with Gasteiger partial charge in [-0.15, -0.1) is 0 Å². The van der Waals surface area contributed by atoms with Crippen LogP contribution in [0.25, 0.3) is 0 Å². The SMILES string of the molecule is CC(C)(C)OC(N)=O.CC(C)C(=O)O.CCCC1CCCCCC(=O)OC(C)C1. The number of carboxylic acid groups (broad SMARTS) is 1. The minimum absolute atomic E-state index is 0.000325. The topological polar surface area (TPSA) is 116 Å². The van der Waals surface area contributed by atoms with Crippen molar-refractivity contribution >= 4 is 18.0 Å². The summed E-state index contributed by atoms with van der Waals surface area (Å²) in [7, 11) is 0. The molecule has 7 nitrogen and oxygen atoms in total. The van der Waals surface area contributed by atoms with E-state index in [0.29, 0.717) is 6.42 Å². The van der Waals surface area contributed by atoms with Crippen LogP contribution in [0.15, 0.2) is 0 Å². The van der Waals surface area contributed by atoms with Gasteiger partial charge < -0.3 is 20.3 Å². The maximum atomic E-state index is 11.4. The van der Waals surface area contributed by atoms with Crippen LogP contribution in [-0.4, -0.2) is 34.8 Å². The number of aliphatic carboxylic acids is 1. The van der Waals surface area contributed by atoms with Gasteiger partial charge in [0.25, 0.3) is 0 Å². The minimum Gasteiger partial charge on any atom is -0.481 e. The second-order valence-corrected chi connectivity index (χ2v) is 8.82. The molecule has 3 N–H and O–H groups in total. The zero-order chi connectivity index (χ0) is 23.0. The molecule has 1 heterocycles. The number of ether oxygens (including phenoxy) is 2. The van der Waals surface area contributed by atoms with Gasteiger partial charge in [0.15, 0.2) is 0 Å². The highest BCUT2D eigenvalue weighted by atomic mass is 16.6. The third kappa shape index (κ3) is 22.4. The van der Waals surface area contributed by atoms with Crippen molar-refractivity contribution < 1.29 is 29.0 Å². The van der Waals surface area contributed by atoms with Gasteiger partial charge in [0.1, 0.15) is 5.60 Å². The van der Waals surface area contributed by atoms with Crippen molar-refractivity contribution in [2.45, 2.75) is 112 Å². The average molecular weight is 418 g/mol. The summed E-state index contributed by atoms with van der Waals surface area (Å²) in [5.41, 5.74) is 4.26. The molecule has 0 aliphatic carbocycles. The van der Waals surface area contributed by atoms with E-state index in [9.17, 15) is 14.4 Å². The highest BCUT2D eigenvalue weighted by Gasteiger charge is 2.17. The zero-order valence-corrected chi connectivity index (χ0v) is 19.5. The van der Waals surface area contributed by atoms with E-state index in [1.165, 1.54) is 32.1 Å². The number of hydrogen-bond acceptors (Lipinski definition) is 5. The lowest BCUT2D eigenvalue weighted by Crippen LogP contribution is -2.27. The molecule has 1 rings (SSSR count). The predicted molar refractivity (Wildman–Crippen MR) is 115 cm³/mol. The number of hydrogen-bond donors (Lipinski definition) is 2. The van der Waals surface area contributed by atoms with Crippen molar-refractivity contribution in [3.8, 4) is 0 Å². The fraction of sp³-hybridized carbons (Fsp3) is 0.864. The Labute approximate surface area is 176 Å². The van der Waals surface area contributed by atoms with Crippen LogP contribution >= 0.6 is 0 Å². The number of cyclic esters (lactones) is 1. The number of carbonyl (C=O) groups is 3. The summed E-state index contributed by atoms with van der Waals surface area (Å²) in [5, 5.41) is 7.99. The van der Waals surface area contributed by atoms with Gasteiger partial charge in [0.05, 0.1) is 12.0 Å². The number of carbonyl (C=O) groups excluding carboxylic acids is 2. The molecule has 0 aromatic heterocycles. The van der Waals surface area contributed by atoms with Crippen molar-refractivity contribution in [1.29, 1.82) is 0 Å². The molecule has 172 valence electrons. The lowest BCUT2D eigenvalue weighted by molar-refractivity contribution is -0.149. The molecule has 0 aromatic carbocycles. The number of primary amides is 1. The maximum Gasteiger partial charge on any atom is 0.405 e. The Morgan fingerprint density at radius 3 is 2.17 bits per heavy atom. The van der Waals surface area contributed by atoms with E-state index in [0.717, 1.165) is 18.8 Å². The molecule has 2 unspecified atom stereocenters. The Kier molecular flexibility index (Phi) is 16.3. The van der Waals surface area contributed by atoms with Crippen LogP contribution in [0, 0.1) is 11.8 Å². The van der Waals surface area contributed by atoms with Gasteiger partial charge in [-0.05, 0) is 46.5 Å². The molecular weight excluding hydrogens is 374 g/mol. The molecule has 1 aliphatic rings. The fourth-order valence-corrected chi connectivity index (χ4v) is 2.77. The quantitative estimate of drug-likeness (QED) is 0.602. The van der Waals surface area contributed by atoms with Gasteiger partial charge in [0, 0.05) is 6.42 Å². The maximum absolute atomic E-state index is 11.4. The molecule has 0 bridgehead atoms. The highest BCUT2D eigenvalue weighted by Crippen LogP contribution is 2.24. The van der Waals surface area contributed by atoms with E-state index < -0.39 is 17.7 Å². The molecule has 2 atom stereocenters. The first-order valence-electron chi connectivity index (χ1n) is 10.7. The van der Waals surface area contributed by atoms with E-state index in [-0.39, 0.29) is 18.0 Å². The Balaban J connectivity index is 0. The molecule has 1 amide bonds. The van der Waals surface area contributed by atoms with Crippen molar-refractivity contribution in [2.24, 2.45) is 17.6 Å². The Morgan fingerprint density at radius 2 is 1.79 bits per heavy atom. The third-order valence-electron chi connectivity index (χ3n) is 4.09. The second-order valence-electron chi connectivity index (χ2n) is 8.82. The zero-order valence-electron chi connectivity index (χ0n) is 19.5. The summed E-state index contributed by atoms with van der Waals surface area (Å²) in [5.74, 6) is -0.212. The normalized spacial score (nSPS) is 20.2. The molecule has 0 saturated carbocycles. The summed E-state index contributed by atoms with van der Waals surface area (Å²) >= 11 is 0. The largest absolute Gasteiger partial charge is 0.481 e. The first-order valence-corrected chi connectivity index (χ1v) is 10.7. The Hall–Kier alpha value is -1.79. The van der Waals surface area contributed by atoms with Gasteiger partial charge in [0.2, 0.25) is 0 Å². The second kappa shape index (κ2) is 16.1. The Bertz CT molecular complexity index is 470. The van der Waals surface area contributed by atoms with Crippen LogP contribution in [0.2, 0.25) is 0 Å². The van der Waals surface area contributed by atoms with E-state index in [1.807, 2.05) is 6.92 Å². The number of rotatable bonds is 3. The van der Waals surface area contributed by atoms with Crippen LogP contribution in [0.4, 0.5) is 4.79 Å². The van der Waals surface area contributed by atoms with Crippen LogP contribution < -0.4 is 5.73 Å². The monoisotopic (exact) mass is 417 g/mol. The molecule has 0 spiro atoms. The van der Waals surface area contributed by atoms with Gasteiger partial charge in [-0.25, -0.2) is 4.79 Å². The molecule has 0 radical (unpaired) electrons. The number of amides is 1. The van der Waals surface area contributed by atoms with Crippen molar-refractivity contribution in [3.05, 3.63) is 0 Å². The van der Waals surface area contributed by atoms with Crippen LogP contribution in [-0.2, 0) is 19.1 Å². The van der Waals surface area contributed by atoms with Gasteiger partial charge in [-0.3, -0.25) is 9.59 Å². The Morgan fingerprint density at radius 1 is 1.24 bits per heavy atom. The summed E-state index contributed by atoms with van der Waals surface area (Å²) in [6.07, 6.45) is 8.37. The lowest BCUT2D eigenvalue weighted by atomic mass is 9.91. The van der Waals surface area contributed by atoms with Crippen molar-refractivity contribution in [2.75, 3.05) is 0 Å². The number of carboxylic acids is 1. The minimum atomic E-state index is -0.741. The van der Waals surface area contributed by atoms with E-state index >= 15 is 0 Å². The predicted octanol–water partition coefficient (Wildman–Crippen LogP) is 5.30. The summed E-state index contributed by atoms with van der Waals surface area (Å²) in [6, 6.07) is 0. The molecule has 0 aromatic rings. The molecule has 1 saturated heterocycles. The van der Waals surface area contributed by atoms with Gasteiger partial charge >= 0.3 is 18.0 Å². The smallest absolute Gasteiger partial charge is 0.405 e. The van der Waals surface area contributed by atoms with Gasteiger partial charge in [-0.2, -0.15) is 0 Å². The average Bonchev–Trinajstić information content (AvgIpc) is 2.52. The summed E-state index contributed by atoms with van der Waals surface area (Å²) in [6.45, 7) is 12.8. The van der Waals surface area contributed by atoms with Crippen molar-refractivity contribution in [3.63, 3.8) is 0 Å². The van der Waals surface area contributed by atoms with E-state index in [2.05, 4.69) is 11.7 Å². The summed E-state index contributed by atoms with van der Waals surface area (Å²) < 4.78 is 9.94. The van der Waals surface area contributed by atoms with Crippen LogP contribution in [0.5, 0.6) is 0 Å². The van der Waals surface area contributed by atoms with E-state index in [4.69, 9.17) is 15.6 Å². The number of nitrogens with two attached hydrogens (primary N) is 1. The fourth-order valence-electron chi connectivity index (χ4n) is 2.77. The molecule has 1 aliphatic heterocycles. The van der Waals surface area contributed by atoms with Crippen molar-refractivity contribution in [1.82, 2.24) is 0 Å². The third-order valence-corrected chi connectivity index (χ3v) is 4.09. The molecule has 29 heavy (non-hydrogen) atoms. The first-order chi connectivity index (χ1) is 13.3.